The summed E-state index contributed by atoms with van der Waals surface area (Å²) in [4.78, 5) is 6.59. The fourth-order valence-corrected chi connectivity index (χ4v) is 3.48. The molecule has 0 bridgehead atoms. The van der Waals surface area contributed by atoms with Crippen molar-refractivity contribution in [3.8, 4) is 23.3 Å². The van der Waals surface area contributed by atoms with Gasteiger partial charge in [0.25, 0.3) is 0 Å². The fourth-order valence-electron chi connectivity index (χ4n) is 3.48. The van der Waals surface area contributed by atoms with Gasteiger partial charge < -0.3 is 14.8 Å². The lowest BCUT2D eigenvalue weighted by Gasteiger charge is -2.27. The Hall–Kier alpha value is -3.07. The van der Waals surface area contributed by atoms with Gasteiger partial charge in [0.2, 0.25) is 0 Å². The number of benzene rings is 2. The van der Waals surface area contributed by atoms with Crippen LogP contribution in [0.4, 0.5) is 0 Å². The predicted molar refractivity (Wildman–Crippen MR) is 115 cm³/mol. The quantitative estimate of drug-likeness (QED) is 0.682. The summed E-state index contributed by atoms with van der Waals surface area (Å²) in [7, 11) is 1.70. The third kappa shape index (κ3) is 5.05. The largest absolute Gasteiger partial charge is 0.496 e. The van der Waals surface area contributed by atoms with E-state index >= 15 is 0 Å². The van der Waals surface area contributed by atoms with E-state index in [0.717, 1.165) is 60.6 Å². The molecule has 0 spiro atoms. The third-order valence-corrected chi connectivity index (χ3v) is 5.05. The first-order chi connectivity index (χ1) is 14.3. The Morgan fingerprint density at radius 1 is 1.07 bits per heavy atom. The number of hydrogen-bond acceptors (Lipinski definition) is 5. The molecule has 2 aromatic carbocycles. The highest BCUT2D eigenvalue weighted by molar-refractivity contribution is 5.82. The van der Waals surface area contributed by atoms with Crippen molar-refractivity contribution in [2.75, 3.05) is 39.9 Å². The summed E-state index contributed by atoms with van der Waals surface area (Å²) in [6, 6.07) is 14.1. The van der Waals surface area contributed by atoms with E-state index in [2.05, 4.69) is 39.2 Å². The summed E-state index contributed by atoms with van der Waals surface area (Å²) in [5, 5.41) is 5.63. The number of rotatable bonds is 5. The van der Waals surface area contributed by atoms with Crippen LogP contribution in [0.15, 0.2) is 54.9 Å². The van der Waals surface area contributed by atoms with Crippen LogP contribution in [0.25, 0.3) is 10.8 Å². The molecule has 5 nitrogen and oxygen atoms in total. The molecule has 1 saturated heterocycles. The van der Waals surface area contributed by atoms with Crippen molar-refractivity contribution in [2.45, 2.75) is 6.54 Å². The van der Waals surface area contributed by atoms with E-state index in [-0.39, 0.29) is 0 Å². The second kappa shape index (κ2) is 9.42. The Bertz CT molecular complexity index is 1030. The van der Waals surface area contributed by atoms with Crippen molar-refractivity contribution in [1.82, 2.24) is 15.2 Å². The maximum Gasteiger partial charge on any atom is 0.149 e. The summed E-state index contributed by atoms with van der Waals surface area (Å²) >= 11 is 0. The number of ether oxygens (including phenoxy) is 2. The lowest BCUT2D eigenvalue weighted by molar-refractivity contribution is 0.230. The minimum atomic E-state index is 0.325. The van der Waals surface area contributed by atoms with Crippen molar-refractivity contribution >= 4 is 10.8 Å². The summed E-state index contributed by atoms with van der Waals surface area (Å²) in [5.74, 6) is 7.86. The standard InChI is InChI=1S/C24H25N3O2/c1-28-24-16-23(7-6-21(24)18-27-12-10-25-11-13-27)29-14-2-3-19-4-5-20-8-9-26-17-22(20)15-19/h4-9,15-17,25H,10-14,18H2,1H3. The molecule has 1 aliphatic rings. The van der Waals surface area contributed by atoms with E-state index in [0.29, 0.717) is 6.61 Å². The Kier molecular flexibility index (Phi) is 6.25. The molecule has 0 aliphatic carbocycles. The third-order valence-electron chi connectivity index (χ3n) is 5.05. The van der Waals surface area contributed by atoms with Gasteiger partial charge in [0.1, 0.15) is 18.1 Å². The Morgan fingerprint density at radius 2 is 1.97 bits per heavy atom. The topological polar surface area (TPSA) is 46.6 Å². The van der Waals surface area contributed by atoms with E-state index < -0.39 is 0 Å². The molecule has 0 saturated carbocycles. The monoisotopic (exact) mass is 387 g/mol. The summed E-state index contributed by atoms with van der Waals surface area (Å²) in [5.41, 5.74) is 2.13. The minimum absolute atomic E-state index is 0.325. The second-order valence-corrected chi connectivity index (χ2v) is 7.03. The van der Waals surface area contributed by atoms with E-state index in [9.17, 15) is 0 Å². The predicted octanol–water partition coefficient (Wildman–Crippen LogP) is 3.08. The van der Waals surface area contributed by atoms with E-state index in [1.807, 2.05) is 36.5 Å². The number of fused-ring (bicyclic) bond motifs is 1. The summed E-state index contributed by atoms with van der Waals surface area (Å²) < 4.78 is 11.4. The molecule has 1 N–H and O–H groups in total. The van der Waals surface area contributed by atoms with E-state index in [1.54, 1.807) is 13.3 Å². The maximum atomic E-state index is 5.81. The van der Waals surface area contributed by atoms with Gasteiger partial charge in [-0.05, 0) is 29.7 Å². The molecule has 5 heteroatoms. The first kappa shape index (κ1) is 19.3. The van der Waals surface area contributed by atoms with Crippen LogP contribution in [0, 0.1) is 11.8 Å². The van der Waals surface area contributed by atoms with Crippen molar-refractivity contribution in [3.63, 3.8) is 0 Å². The highest BCUT2D eigenvalue weighted by Crippen LogP contribution is 2.26. The van der Waals surface area contributed by atoms with Gasteiger partial charge in [-0.1, -0.05) is 24.0 Å². The Balaban J connectivity index is 1.37. The molecule has 2 heterocycles. The summed E-state index contributed by atoms with van der Waals surface area (Å²) in [6.45, 7) is 5.41. The van der Waals surface area contributed by atoms with Crippen LogP contribution in [-0.4, -0.2) is 49.8 Å². The molecule has 3 aromatic rings. The van der Waals surface area contributed by atoms with Crippen LogP contribution in [0.5, 0.6) is 11.5 Å². The second-order valence-electron chi connectivity index (χ2n) is 7.03. The van der Waals surface area contributed by atoms with Crippen LogP contribution in [-0.2, 0) is 6.54 Å². The van der Waals surface area contributed by atoms with Crippen LogP contribution >= 0.6 is 0 Å². The number of methoxy groups -OCH3 is 1. The van der Waals surface area contributed by atoms with Crippen LogP contribution in [0.2, 0.25) is 0 Å². The molecule has 1 fully saturated rings. The first-order valence-electron chi connectivity index (χ1n) is 9.87. The van der Waals surface area contributed by atoms with Gasteiger partial charge in [0, 0.05) is 67.7 Å². The molecule has 148 valence electrons. The van der Waals surface area contributed by atoms with Gasteiger partial charge in [-0.25, -0.2) is 0 Å². The Morgan fingerprint density at radius 3 is 2.83 bits per heavy atom. The first-order valence-corrected chi connectivity index (χ1v) is 9.87. The highest BCUT2D eigenvalue weighted by atomic mass is 16.5. The van der Waals surface area contributed by atoms with E-state index in [1.165, 1.54) is 5.56 Å². The van der Waals surface area contributed by atoms with Crippen LogP contribution < -0.4 is 14.8 Å². The van der Waals surface area contributed by atoms with Gasteiger partial charge in [0.05, 0.1) is 7.11 Å². The van der Waals surface area contributed by atoms with Gasteiger partial charge in [-0.3, -0.25) is 9.88 Å². The molecule has 0 unspecified atom stereocenters. The molecule has 4 rings (SSSR count). The molecular weight excluding hydrogens is 362 g/mol. The average Bonchev–Trinajstić information content (AvgIpc) is 2.78. The van der Waals surface area contributed by atoms with Crippen molar-refractivity contribution in [2.24, 2.45) is 0 Å². The van der Waals surface area contributed by atoms with Crippen molar-refractivity contribution in [1.29, 1.82) is 0 Å². The highest BCUT2D eigenvalue weighted by Gasteiger charge is 2.13. The lowest BCUT2D eigenvalue weighted by Crippen LogP contribution is -2.42. The van der Waals surface area contributed by atoms with Crippen molar-refractivity contribution < 1.29 is 9.47 Å². The smallest absolute Gasteiger partial charge is 0.149 e. The van der Waals surface area contributed by atoms with Crippen LogP contribution in [0.3, 0.4) is 0 Å². The number of nitrogens with zero attached hydrogens (tertiary/aromatic N) is 2. The van der Waals surface area contributed by atoms with Crippen LogP contribution in [0.1, 0.15) is 11.1 Å². The molecule has 0 radical (unpaired) electrons. The van der Waals surface area contributed by atoms with E-state index in [4.69, 9.17) is 9.47 Å². The number of aromatic nitrogens is 1. The summed E-state index contributed by atoms with van der Waals surface area (Å²) in [6.07, 6.45) is 3.65. The zero-order valence-corrected chi connectivity index (χ0v) is 16.6. The van der Waals surface area contributed by atoms with Gasteiger partial charge in [-0.2, -0.15) is 0 Å². The SMILES string of the molecule is COc1cc(OCC#Cc2ccc3ccncc3c2)ccc1CN1CCNCC1. The average molecular weight is 387 g/mol. The maximum absolute atomic E-state index is 5.81. The zero-order valence-electron chi connectivity index (χ0n) is 16.6. The molecule has 1 aromatic heterocycles. The molecular formula is C24H25N3O2. The molecule has 1 aliphatic heterocycles. The molecule has 0 atom stereocenters. The van der Waals surface area contributed by atoms with Crippen molar-refractivity contribution in [3.05, 3.63) is 66.0 Å². The van der Waals surface area contributed by atoms with Gasteiger partial charge >= 0.3 is 0 Å². The number of hydrogen-bond donors (Lipinski definition) is 1. The number of pyridine rings is 1. The van der Waals surface area contributed by atoms with Gasteiger partial charge in [-0.15, -0.1) is 0 Å². The normalized spacial score (nSPS) is 14.2. The number of nitrogens with one attached hydrogen (secondary N) is 1. The number of piperazine rings is 1. The minimum Gasteiger partial charge on any atom is -0.496 e. The molecule has 0 amide bonds. The fraction of sp³-hybridized carbons (Fsp3) is 0.292. The zero-order chi connectivity index (χ0) is 19.9. The Labute approximate surface area is 171 Å². The lowest BCUT2D eigenvalue weighted by atomic mass is 10.1. The molecule has 29 heavy (non-hydrogen) atoms. The van der Waals surface area contributed by atoms with Gasteiger partial charge in [0.15, 0.2) is 0 Å².